The number of rotatable bonds is 5. The molecule has 0 amide bonds. The summed E-state index contributed by atoms with van der Waals surface area (Å²) in [5.41, 5.74) is 2.40. The molecule has 25 heavy (non-hydrogen) atoms. The molecule has 2 aliphatic rings. The van der Waals surface area contributed by atoms with Crippen molar-refractivity contribution in [1.82, 2.24) is 14.9 Å². The van der Waals surface area contributed by atoms with E-state index in [-0.39, 0.29) is 0 Å². The Morgan fingerprint density at radius 1 is 1.16 bits per heavy atom. The molecule has 0 spiro atoms. The summed E-state index contributed by atoms with van der Waals surface area (Å²) in [4.78, 5) is 10.6. The maximum atomic E-state index is 6.31. The molecule has 3 heterocycles. The van der Waals surface area contributed by atoms with Gasteiger partial charge in [0.05, 0.1) is 10.7 Å². The number of hydrogen-bond acceptors (Lipinski definition) is 4. The van der Waals surface area contributed by atoms with Crippen LogP contribution < -0.4 is 4.74 Å². The van der Waals surface area contributed by atoms with Crippen LogP contribution in [-0.2, 0) is 6.54 Å². The zero-order valence-corrected chi connectivity index (χ0v) is 15.1. The Bertz CT molecular complexity index is 859. The largest absolute Gasteiger partial charge is 0.490 e. The Morgan fingerprint density at radius 2 is 2.04 bits per heavy atom. The van der Waals surface area contributed by atoms with Crippen LogP contribution >= 0.6 is 11.3 Å². The number of nitrogens with zero attached hydrogens (tertiary/aromatic N) is 2. The molecule has 5 rings (SSSR count). The number of likely N-dealkylation sites (tertiary alicyclic amines) is 1. The Morgan fingerprint density at radius 3 is 2.88 bits per heavy atom. The van der Waals surface area contributed by atoms with Crippen molar-refractivity contribution in [3.05, 3.63) is 46.5 Å². The molecule has 0 bridgehead atoms. The van der Waals surface area contributed by atoms with Gasteiger partial charge in [0, 0.05) is 48.0 Å². The third kappa shape index (κ3) is 3.31. The van der Waals surface area contributed by atoms with E-state index >= 15 is 0 Å². The molecular weight excluding hydrogens is 330 g/mol. The average Bonchev–Trinajstić information content (AvgIpc) is 3.18. The molecule has 1 saturated carbocycles. The van der Waals surface area contributed by atoms with Crippen LogP contribution in [0.5, 0.6) is 5.75 Å². The number of thiazole rings is 1. The van der Waals surface area contributed by atoms with Crippen molar-refractivity contribution in [3.8, 4) is 5.75 Å². The third-order valence-electron chi connectivity index (χ3n) is 5.26. The molecule has 0 atom stereocenters. The summed E-state index contributed by atoms with van der Waals surface area (Å²) in [6.45, 7) is 3.16. The Hall–Kier alpha value is -1.85. The van der Waals surface area contributed by atoms with E-state index < -0.39 is 0 Å². The fraction of sp³-hybridized carbons (Fsp3) is 0.450. The zero-order valence-electron chi connectivity index (χ0n) is 14.3. The molecule has 1 N–H and O–H groups in total. The number of benzene rings is 1. The minimum atomic E-state index is 0.314. The number of ether oxygens (including phenoxy) is 1. The van der Waals surface area contributed by atoms with Crippen molar-refractivity contribution >= 4 is 22.2 Å². The van der Waals surface area contributed by atoms with Gasteiger partial charge in [-0.15, -0.1) is 11.3 Å². The van der Waals surface area contributed by atoms with Gasteiger partial charge in [-0.3, -0.25) is 4.90 Å². The summed E-state index contributed by atoms with van der Waals surface area (Å²) in [5.74, 6) is 1.78. The number of hydrogen-bond donors (Lipinski definition) is 1. The maximum Gasteiger partial charge on any atom is 0.129 e. The first-order valence-electron chi connectivity index (χ1n) is 9.24. The summed E-state index contributed by atoms with van der Waals surface area (Å²) < 4.78 is 6.31. The maximum absolute atomic E-state index is 6.31. The van der Waals surface area contributed by atoms with Gasteiger partial charge >= 0.3 is 0 Å². The molecule has 0 radical (unpaired) electrons. The van der Waals surface area contributed by atoms with Crippen molar-refractivity contribution < 1.29 is 4.74 Å². The fourth-order valence-electron chi connectivity index (χ4n) is 3.67. The Kier molecular flexibility index (Phi) is 3.98. The topological polar surface area (TPSA) is 41.1 Å². The van der Waals surface area contributed by atoms with Gasteiger partial charge in [-0.25, -0.2) is 4.98 Å². The lowest BCUT2D eigenvalue weighted by molar-refractivity contribution is 0.0974. The molecule has 1 aliphatic carbocycles. The number of nitrogens with one attached hydrogen (secondary N) is 1. The number of fused-ring (bicyclic) bond motifs is 1. The van der Waals surface area contributed by atoms with Gasteiger partial charge in [-0.05, 0) is 43.9 Å². The SMILES string of the molecule is c1cc(OC2CCN(Cc3csc(C4CC4)n3)CC2)c2cc[nH]c2c1. The quantitative estimate of drug-likeness (QED) is 0.732. The fourth-order valence-corrected chi connectivity index (χ4v) is 4.65. The van der Waals surface area contributed by atoms with Gasteiger partial charge in [-0.2, -0.15) is 0 Å². The normalized spacial score (nSPS) is 19.5. The first kappa shape index (κ1) is 15.4. The van der Waals surface area contributed by atoms with E-state index in [1.807, 2.05) is 17.5 Å². The summed E-state index contributed by atoms with van der Waals surface area (Å²) >= 11 is 1.85. The van der Waals surface area contributed by atoms with E-state index in [1.165, 1.54) is 28.9 Å². The summed E-state index contributed by atoms with van der Waals surface area (Å²) in [6, 6.07) is 8.33. The van der Waals surface area contributed by atoms with E-state index in [1.54, 1.807) is 0 Å². The lowest BCUT2D eigenvalue weighted by Crippen LogP contribution is -2.37. The van der Waals surface area contributed by atoms with Crippen molar-refractivity contribution in [1.29, 1.82) is 0 Å². The molecule has 130 valence electrons. The molecule has 2 fully saturated rings. The van der Waals surface area contributed by atoms with Gasteiger partial charge in [0.25, 0.3) is 0 Å². The van der Waals surface area contributed by atoms with Gasteiger partial charge in [0.15, 0.2) is 0 Å². The van der Waals surface area contributed by atoms with Crippen LogP contribution in [-0.4, -0.2) is 34.1 Å². The molecule has 0 unspecified atom stereocenters. The zero-order chi connectivity index (χ0) is 16.6. The number of aromatic nitrogens is 2. The van der Waals surface area contributed by atoms with E-state index in [0.717, 1.165) is 49.7 Å². The molecule has 3 aromatic rings. The highest BCUT2D eigenvalue weighted by atomic mass is 32.1. The smallest absolute Gasteiger partial charge is 0.129 e. The minimum Gasteiger partial charge on any atom is -0.490 e. The molecule has 1 aromatic carbocycles. The standard InChI is InChI=1S/C20H23N3OS/c1-2-18-17(6-9-21-18)19(3-1)24-16-7-10-23(11-8-16)12-15-13-25-20(22-15)14-4-5-14/h1-3,6,9,13-14,16,21H,4-5,7-8,10-12H2. The predicted molar refractivity (Wildman–Crippen MR) is 101 cm³/mol. The van der Waals surface area contributed by atoms with Crippen molar-refractivity contribution in [2.45, 2.75) is 44.2 Å². The lowest BCUT2D eigenvalue weighted by atomic mass is 10.1. The van der Waals surface area contributed by atoms with Crippen LogP contribution in [0.1, 0.15) is 42.3 Å². The van der Waals surface area contributed by atoms with E-state index in [4.69, 9.17) is 9.72 Å². The molecule has 1 saturated heterocycles. The van der Waals surface area contributed by atoms with Crippen LogP contribution in [0.4, 0.5) is 0 Å². The molecular formula is C20H23N3OS. The highest BCUT2D eigenvalue weighted by Crippen LogP contribution is 2.41. The van der Waals surface area contributed by atoms with Crippen molar-refractivity contribution in [2.75, 3.05) is 13.1 Å². The molecule has 1 aliphatic heterocycles. The van der Waals surface area contributed by atoms with Crippen molar-refractivity contribution in [2.24, 2.45) is 0 Å². The van der Waals surface area contributed by atoms with Gasteiger partial charge in [-0.1, -0.05) is 6.07 Å². The molecule has 2 aromatic heterocycles. The van der Waals surface area contributed by atoms with E-state index in [0.29, 0.717) is 6.10 Å². The highest BCUT2D eigenvalue weighted by Gasteiger charge is 2.27. The second-order valence-corrected chi connectivity index (χ2v) is 8.13. The second-order valence-electron chi connectivity index (χ2n) is 7.24. The first-order valence-corrected chi connectivity index (χ1v) is 10.1. The van der Waals surface area contributed by atoms with Gasteiger partial charge in [0.2, 0.25) is 0 Å². The minimum absolute atomic E-state index is 0.314. The average molecular weight is 353 g/mol. The number of aromatic amines is 1. The van der Waals surface area contributed by atoms with Crippen LogP contribution in [0.3, 0.4) is 0 Å². The second kappa shape index (κ2) is 6.46. The van der Waals surface area contributed by atoms with Crippen LogP contribution in [0, 0.1) is 0 Å². The number of piperidine rings is 1. The number of H-pyrrole nitrogens is 1. The predicted octanol–water partition coefficient (Wildman–Crippen LogP) is 4.55. The Balaban J connectivity index is 1.17. The first-order chi connectivity index (χ1) is 12.3. The van der Waals surface area contributed by atoms with Crippen molar-refractivity contribution in [3.63, 3.8) is 0 Å². The lowest BCUT2D eigenvalue weighted by Gasteiger charge is -2.31. The molecule has 5 heteroatoms. The summed E-state index contributed by atoms with van der Waals surface area (Å²) in [6.07, 6.45) is 7.13. The van der Waals surface area contributed by atoms with Crippen LogP contribution in [0.25, 0.3) is 10.9 Å². The molecule has 4 nitrogen and oxygen atoms in total. The third-order valence-corrected chi connectivity index (χ3v) is 6.32. The van der Waals surface area contributed by atoms with Crippen LogP contribution in [0.2, 0.25) is 0 Å². The highest BCUT2D eigenvalue weighted by molar-refractivity contribution is 7.09. The monoisotopic (exact) mass is 353 g/mol. The summed E-state index contributed by atoms with van der Waals surface area (Å²) in [5, 5.41) is 4.79. The van der Waals surface area contributed by atoms with Gasteiger partial charge < -0.3 is 9.72 Å². The van der Waals surface area contributed by atoms with E-state index in [9.17, 15) is 0 Å². The Labute approximate surface area is 151 Å². The van der Waals surface area contributed by atoms with Crippen LogP contribution in [0.15, 0.2) is 35.8 Å². The van der Waals surface area contributed by atoms with Gasteiger partial charge in [0.1, 0.15) is 11.9 Å². The van der Waals surface area contributed by atoms with E-state index in [2.05, 4.69) is 39.5 Å². The summed E-state index contributed by atoms with van der Waals surface area (Å²) in [7, 11) is 0.